The number of carbonyl (C=O) groups excluding carboxylic acids is 3. The highest BCUT2D eigenvalue weighted by molar-refractivity contribution is 5.95. The zero-order valence-corrected chi connectivity index (χ0v) is 17.8. The van der Waals surface area contributed by atoms with Crippen molar-refractivity contribution in [2.75, 3.05) is 6.61 Å². The number of hydrogen-bond acceptors (Lipinski definition) is 9. The van der Waals surface area contributed by atoms with Gasteiger partial charge in [0.1, 0.15) is 18.1 Å². The topological polar surface area (TPSA) is 274 Å². The molecule has 0 fully saturated rings. The molecule has 1 rings (SSSR count). The van der Waals surface area contributed by atoms with Crippen LogP contribution in [0.5, 0.6) is 0 Å². The van der Waals surface area contributed by atoms with Gasteiger partial charge in [0.15, 0.2) is 0 Å². The molecule has 0 bridgehead atoms. The largest absolute Gasteiger partial charge is 0.481 e. The fraction of sp³-hybridized carbons (Fsp3) is 0.500. The average Bonchev–Trinajstić information content (AvgIpc) is 3.26. The van der Waals surface area contributed by atoms with Gasteiger partial charge in [0.05, 0.1) is 25.4 Å². The molecule has 4 unspecified atom stereocenters. The van der Waals surface area contributed by atoms with Crippen LogP contribution in [0.1, 0.15) is 25.0 Å². The number of nitrogens with two attached hydrogens (primary N) is 1. The first kappa shape index (κ1) is 28.0. The van der Waals surface area contributed by atoms with Gasteiger partial charge in [-0.1, -0.05) is 0 Å². The second-order valence-electron chi connectivity index (χ2n) is 7.12. The summed E-state index contributed by atoms with van der Waals surface area (Å²) >= 11 is 0. The Morgan fingerprint density at radius 2 is 1.50 bits per heavy atom. The van der Waals surface area contributed by atoms with Gasteiger partial charge in [0.2, 0.25) is 17.7 Å². The maximum atomic E-state index is 12.8. The Labute approximate surface area is 191 Å². The summed E-state index contributed by atoms with van der Waals surface area (Å²) in [4.78, 5) is 76.9. The molecule has 16 heteroatoms. The third-order valence-corrected chi connectivity index (χ3v) is 4.42. The molecule has 0 saturated heterocycles. The van der Waals surface area contributed by atoms with Crippen LogP contribution in [0.2, 0.25) is 0 Å². The third kappa shape index (κ3) is 9.61. The van der Waals surface area contributed by atoms with Gasteiger partial charge in [-0.15, -0.1) is 0 Å². The van der Waals surface area contributed by atoms with E-state index in [1.54, 1.807) is 0 Å². The van der Waals surface area contributed by atoms with Crippen molar-refractivity contribution in [3.05, 3.63) is 18.2 Å². The fourth-order valence-electron chi connectivity index (χ4n) is 2.65. The van der Waals surface area contributed by atoms with Gasteiger partial charge in [-0.05, 0) is 6.42 Å². The standard InChI is InChI=1S/C18H26N6O10/c19-9(4-14(28)29)15(30)22-10(1-2-13(26)27)16(31)23-11(3-8-5-20-7-21-8)17(32)24-12(6-25)18(33)34/h5,7,9-12,25H,1-4,6,19H2,(H,20,21)(H,22,30)(H,23,31)(H,24,32)(H,26,27)(H,28,29)(H,33,34). The lowest BCUT2D eigenvalue weighted by molar-refractivity contribution is -0.143. The van der Waals surface area contributed by atoms with E-state index in [1.807, 2.05) is 5.32 Å². The van der Waals surface area contributed by atoms with Crippen LogP contribution in [0.3, 0.4) is 0 Å². The van der Waals surface area contributed by atoms with E-state index >= 15 is 0 Å². The first-order chi connectivity index (χ1) is 15.9. The summed E-state index contributed by atoms with van der Waals surface area (Å²) in [7, 11) is 0. The third-order valence-electron chi connectivity index (χ3n) is 4.42. The van der Waals surface area contributed by atoms with Gasteiger partial charge in [-0.2, -0.15) is 0 Å². The lowest BCUT2D eigenvalue weighted by Crippen LogP contribution is -2.58. The normalized spacial score (nSPS) is 14.2. The summed E-state index contributed by atoms with van der Waals surface area (Å²) in [5, 5.41) is 42.4. The van der Waals surface area contributed by atoms with Crippen molar-refractivity contribution < 1.29 is 49.2 Å². The number of amides is 3. The van der Waals surface area contributed by atoms with Crippen LogP contribution in [-0.4, -0.2) is 96.8 Å². The number of H-pyrrole nitrogens is 1. The van der Waals surface area contributed by atoms with E-state index in [2.05, 4.69) is 20.6 Å². The molecule has 0 aliphatic rings. The molecule has 0 aromatic carbocycles. The van der Waals surface area contributed by atoms with Crippen molar-refractivity contribution in [3.8, 4) is 0 Å². The van der Waals surface area contributed by atoms with Crippen molar-refractivity contribution in [2.24, 2.45) is 5.73 Å². The van der Waals surface area contributed by atoms with E-state index in [1.165, 1.54) is 12.5 Å². The Morgan fingerprint density at radius 3 is 2.00 bits per heavy atom. The molecule has 0 aliphatic heterocycles. The summed E-state index contributed by atoms with van der Waals surface area (Å²) in [5.74, 6) is -7.22. The van der Waals surface area contributed by atoms with Crippen molar-refractivity contribution in [3.63, 3.8) is 0 Å². The average molecular weight is 486 g/mol. The van der Waals surface area contributed by atoms with Crippen LogP contribution in [0.15, 0.2) is 12.5 Å². The summed E-state index contributed by atoms with van der Waals surface area (Å²) < 4.78 is 0. The zero-order chi connectivity index (χ0) is 25.8. The number of carboxylic acid groups (broad SMARTS) is 3. The number of nitrogens with zero attached hydrogens (tertiary/aromatic N) is 1. The van der Waals surface area contributed by atoms with Gasteiger partial charge < -0.3 is 47.1 Å². The van der Waals surface area contributed by atoms with Crippen LogP contribution < -0.4 is 21.7 Å². The van der Waals surface area contributed by atoms with Gasteiger partial charge in [0.25, 0.3) is 0 Å². The number of carboxylic acids is 3. The Hall–Kier alpha value is -4.05. The van der Waals surface area contributed by atoms with Crippen LogP contribution >= 0.6 is 0 Å². The Morgan fingerprint density at radius 1 is 0.912 bits per heavy atom. The molecule has 1 aromatic rings. The highest BCUT2D eigenvalue weighted by Crippen LogP contribution is 2.05. The molecule has 3 amide bonds. The van der Waals surface area contributed by atoms with E-state index in [-0.39, 0.29) is 6.42 Å². The molecule has 4 atom stereocenters. The molecule has 188 valence electrons. The number of carbonyl (C=O) groups is 6. The van der Waals surface area contributed by atoms with E-state index in [4.69, 9.17) is 26.2 Å². The number of aliphatic hydroxyl groups is 1. The Kier molecular flexibility index (Phi) is 11.1. The maximum Gasteiger partial charge on any atom is 0.328 e. The van der Waals surface area contributed by atoms with Crippen molar-refractivity contribution >= 4 is 35.6 Å². The molecule has 0 aliphatic carbocycles. The second-order valence-corrected chi connectivity index (χ2v) is 7.12. The van der Waals surface area contributed by atoms with Crippen LogP contribution in [0.4, 0.5) is 0 Å². The molecule has 0 saturated carbocycles. The number of aliphatic carboxylic acids is 3. The minimum Gasteiger partial charge on any atom is -0.481 e. The number of imidazole rings is 1. The lowest BCUT2D eigenvalue weighted by Gasteiger charge is -2.24. The number of hydrogen-bond donors (Lipinski definition) is 9. The van der Waals surface area contributed by atoms with Gasteiger partial charge >= 0.3 is 17.9 Å². The lowest BCUT2D eigenvalue weighted by atomic mass is 10.1. The van der Waals surface area contributed by atoms with Gasteiger partial charge in [-0.25, -0.2) is 9.78 Å². The molecule has 1 aromatic heterocycles. The molecule has 0 spiro atoms. The molecule has 0 radical (unpaired) electrons. The molecule has 16 nitrogen and oxygen atoms in total. The van der Waals surface area contributed by atoms with Gasteiger partial charge in [-0.3, -0.25) is 24.0 Å². The predicted molar refractivity (Wildman–Crippen MR) is 110 cm³/mol. The number of rotatable bonds is 15. The fourth-order valence-corrected chi connectivity index (χ4v) is 2.65. The van der Waals surface area contributed by atoms with Gasteiger partial charge in [0, 0.05) is 24.7 Å². The number of aliphatic hydroxyl groups excluding tert-OH is 1. The van der Waals surface area contributed by atoms with Crippen molar-refractivity contribution in [2.45, 2.75) is 49.9 Å². The van der Waals surface area contributed by atoms with Crippen molar-refractivity contribution in [1.29, 1.82) is 0 Å². The molecule has 1 heterocycles. The minimum absolute atomic E-state index is 0.201. The minimum atomic E-state index is -1.66. The Bertz CT molecular complexity index is 890. The molecule has 34 heavy (non-hydrogen) atoms. The highest BCUT2D eigenvalue weighted by atomic mass is 16.4. The van der Waals surface area contributed by atoms with Crippen LogP contribution in [-0.2, 0) is 35.2 Å². The first-order valence-electron chi connectivity index (χ1n) is 9.85. The molecule has 10 N–H and O–H groups in total. The van der Waals surface area contributed by atoms with Crippen LogP contribution in [0, 0.1) is 0 Å². The Balaban J connectivity index is 3.05. The summed E-state index contributed by atoms with van der Waals surface area (Å²) in [6.45, 7) is -0.926. The van der Waals surface area contributed by atoms with E-state index < -0.39 is 85.7 Å². The summed E-state index contributed by atoms with van der Waals surface area (Å²) in [5.41, 5.74) is 5.83. The van der Waals surface area contributed by atoms with E-state index in [0.29, 0.717) is 5.69 Å². The number of nitrogens with one attached hydrogen (secondary N) is 4. The maximum absolute atomic E-state index is 12.8. The second kappa shape index (κ2) is 13.5. The quantitative estimate of drug-likeness (QED) is 0.115. The summed E-state index contributed by atoms with van der Waals surface area (Å²) in [6, 6.07) is -6.11. The number of aromatic nitrogens is 2. The molecular formula is C18H26N6O10. The number of aromatic amines is 1. The van der Waals surface area contributed by atoms with Crippen LogP contribution in [0.25, 0.3) is 0 Å². The highest BCUT2D eigenvalue weighted by Gasteiger charge is 2.31. The smallest absolute Gasteiger partial charge is 0.328 e. The first-order valence-corrected chi connectivity index (χ1v) is 9.85. The zero-order valence-electron chi connectivity index (χ0n) is 17.8. The summed E-state index contributed by atoms with van der Waals surface area (Å²) in [6.07, 6.45) is 0.700. The predicted octanol–water partition coefficient (Wildman–Crippen LogP) is -3.85. The molecular weight excluding hydrogens is 460 g/mol. The monoisotopic (exact) mass is 486 g/mol. The van der Waals surface area contributed by atoms with Crippen molar-refractivity contribution in [1.82, 2.24) is 25.9 Å². The SMILES string of the molecule is NC(CC(=O)O)C(=O)NC(CCC(=O)O)C(=O)NC(Cc1cnc[nH]1)C(=O)NC(CO)C(=O)O. The van der Waals surface area contributed by atoms with E-state index in [9.17, 15) is 28.8 Å². The van der Waals surface area contributed by atoms with E-state index in [0.717, 1.165) is 0 Å².